The lowest BCUT2D eigenvalue weighted by Gasteiger charge is -2.10. The Labute approximate surface area is 143 Å². The van der Waals surface area contributed by atoms with Crippen molar-refractivity contribution in [3.63, 3.8) is 0 Å². The molecule has 0 saturated carbocycles. The highest BCUT2D eigenvalue weighted by atomic mass is 14.9. The largest absolute Gasteiger partial charge is 0.308 e. The van der Waals surface area contributed by atoms with E-state index in [0.717, 1.165) is 25.0 Å². The third kappa shape index (κ3) is 2.71. The van der Waals surface area contributed by atoms with E-state index in [4.69, 9.17) is 0 Å². The Kier molecular flexibility index (Phi) is 4.09. The number of aromatic nitrogens is 1. The van der Waals surface area contributed by atoms with Crippen LogP contribution in [-0.4, -0.2) is 4.40 Å². The van der Waals surface area contributed by atoms with Gasteiger partial charge in [-0.15, -0.1) is 0 Å². The summed E-state index contributed by atoms with van der Waals surface area (Å²) in [5.74, 6) is 0. The Morgan fingerprint density at radius 2 is 1.62 bits per heavy atom. The molecule has 1 aromatic carbocycles. The first-order valence-corrected chi connectivity index (χ1v) is 8.95. The minimum Gasteiger partial charge on any atom is -0.308 e. The van der Waals surface area contributed by atoms with Gasteiger partial charge in [-0.25, -0.2) is 0 Å². The lowest BCUT2D eigenvalue weighted by Crippen LogP contribution is -1.98. The second kappa shape index (κ2) is 6.53. The molecule has 0 radical (unpaired) electrons. The summed E-state index contributed by atoms with van der Waals surface area (Å²) in [4.78, 5) is 0. The number of hydrogen-bond acceptors (Lipinski definition) is 1. The van der Waals surface area contributed by atoms with Crippen LogP contribution in [0.2, 0.25) is 0 Å². The van der Waals surface area contributed by atoms with Gasteiger partial charge in [0.2, 0.25) is 0 Å². The van der Waals surface area contributed by atoms with Crippen LogP contribution in [0.5, 0.6) is 0 Å². The van der Waals surface area contributed by atoms with Crippen LogP contribution in [0.15, 0.2) is 48.7 Å². The molecule has 0 spiro atoms. The summed E-state index contributed by atoms with van der Waals surface area (Å²) in [6.45, 7) is 0. The van der Waals surface area contributed by atoms with Crippen LogP contribution in [-0.2, 0) is 19.3 Å². The average molecular weight is 314 g/mol. The first-order chi connectivity index (χ1) is 11.9. The van der Waals surface area contributed by atoms with Gasteiger partial charge in [0.05, 0.1) is 5.52 Å². The second-order valence-electron chi connectivity index (χ2n) is 6.78. The molecule has 2 heteroatoms. The molecule has 120 valence electrons. The Morgan fingerprint density at radius 1 is 0.875 bits per heavy atom. The normalized spacial score (nSPS) is 14.6. The minimum absolute atomic E-state index is 0.855. The quantitative estimate of drug-likeness (QED) is 0.649. The van der Waals surface area contributed by atoms with Gasteiger partial charge in [-0.1, -0.05) is 43.2 Å². The van der Waals surface area contributed by atoms with Crippen molar-refractivity contribution in [2.75, 3.05) is 0 Å². The summed E-state index contributed by atoms with van der Waals surface area (Å²) in [6.07, 6.45) is 10.2. The van der Waals surface area contributed by atoms with Crippen molar-refractivity contribution in [3.8, 4) is 6.07 Å². The van der Waals surface area contributed by atoms with Gasteiger partial charge < -0.3 is 4.40 Å². The van der Waals surface area contributed by atoms with Gasteiger partial charge in [0.1, 0.15) is 11.8 Å². The van der Waals surface area contributed by atoms with Crippen LogP contribution in [0.4, 0.5) is 0 Å². The van der Waals surface area contributed by atoms with Gasteiger partial charge in [-0.3, -0.25) is 0 Å². The number of nitrogens with zero attached hydrogens (tertiary/aromatic N) is 2. The number of fused-ring (bicyclic) bond motifs is 3. The number of nitriles is 1. The molecule has 2 aromatic heterocycles. The predicted molar refractivity (Wildman–Crippen MR) is 97.2 cm³/mol. The fourth-order valence-electron chi connectivity index (χ4n) is 3.98. The van der Waals surface area contributed by atoms with E-state index in [0.29, 0.717) is 0 Å². The fourth-order valence-corrected chi connectivity index (χ4v) is 3.98. The number of rotatable bonds is 2. The van der Waals surface area contributed by atoms with Crippen LogP contribution in [0.3, 0.4) is 0 Å². The van der Waals surface area contributed by atoms with E-state index < -0.39 is 0 Å². The zero-order valence-electron chi connectivity index (χ0n) is 14.0. The van der Waals surface area contributed by atoms with Crippen LogP contribution in [0, 0.1) is 11.3 Å². The molecule has 24 heavy (non-hydrogen) atoms. The molecule has 0 fully saturated rings. The summed E-state index contributed by atoms with van der Waals surface area (Å²) in [5.41, 5.74) is 7.47. The van der Waals surface area contributed by atoms with E-state index in [1.807, 2.05) is 0 Å². The maximum Gasteiger partial charge on any atom is 0.128 e. The molecule has 1 aliphatic carbocycles. The standard InChI is InChI=1S/C22H22N2/c23-16-22-20-11-7-2-1-6-10-19(20)21-15-18(12-13-24(21)22)14-17-8-4-3-5-9-17/h3-5,8-9,12-13,15H,1-2,6-7,10-11,14H2. The first kappa shape index (κ1) is 15.0. The zero-order chi connectivity index (χ0) is 16.4. The molecule has 2 nitrogen and oxygen atoms in total. The van der Waals surface area contributed by atoms with Crippen molar-refractivity contribution in [1.82, 2.24) is 4.40 Å². The van der Waals surface area contributed by atoms with Crippen molar-refractivity contribution in [3.05, 3.63) is 76.6 Å². The molecule has 0 aliphatic heterocycles. The average Bonchev–Trinajstić information content (AvgIpc) is 2.87. The topological polar surface area (TPSA) is 28.2 Å². The fraction of sp³-hybridized carbons (Fsp3) is 0.318. The van der Waals surface area contributed by atoms with Crippen molar-refractivity contribution in [1.29, 1.82) is 5.26 Å². The maximum absolute atomic E-state index is 9.68. The predicted octanol–water partition coefficient (Wildman–Crippen LogP) is 5.06. The molecule has 0 bridgehead atoms. The van der Waals surface area contributed by atoms with Crippen molar-refractivity contribution in [2.45, 2.75) is 44.9 Å². The lowest BCUT2D eigenvalue weighted by atomic mass is 9.94. The Morgan fingerprint density at radius 3 is 2.38 bits per heavy atom. The molecular weight excluding hydrogens is 292 g/mol. The molecule has 0 N–H and O–H groups in total. The molecule has 0 unspecified atom stereocenters. The van der Waals surface area contributed by atoms with Crippen LogP contribution >= 0.6 is 0 Å². The Hall–Kier alpha value is -2.53. The molecular formula is C22H22N2. The highest BCUT2D eigenvalue weighted by molar-refractivity contribution is 5.66. The number of benzene rings is 1. The summed E-state index contributed by atoms with van der Waals surface area (Å²) < 4.78 is 2.12. The van der Waals surface area contributed by atoms with Gasteiger partial charge in [-0.2, -0.15) is 5.26 Å². The number of pyridine rings is 1. The van der Waals surface area contributed by atoms with Crippen LogP contribution < -0.4 is 0 Å². The third-order valence-corrected chi connectivity index (χ3v) is 5.18. The van der Waals surface area contributed by atoms with E-state index >= 15 is 0 Å². The lowest BCUT2D eigenvalue weighted by molar-refractivity contribution is 0.620. The molecule has 4 rings (SSSR count). The highest BCUT2D eigenvalue weighted by Gasteiger charge is 2.19. The molecule has 2 heterocycles. The summed E-state index contributed by atoms with van der Waals surface area (Å²) in [5, 5.41) is 9.68. The Balaban J connectivity index is 1.81. The van der Waals surface area contributed by atoms with Gasteiger partial charge in [0.15, 0.2) is 0 Å². The highest BCUT2D eigenvalue weighted by Crippen LogP contribution is 2.30. The molecule has 0 atom stereocenters. The van der Waals surface area contributed by atoms with Gasteiger partial charge >= 0.3 is 0 Å². The summed E-state index contributed by atoms with van der Waals surface area (Å²) >= 11 is 0. The SMILES string of the molecule is N#Cc1c2c(c3cc(Cc4ccccc4)ccn13)CCCCCC2. The first-order valence-electron chi connectivity index (χ1n) is 8.95. The summed E-state index contributed by atoms with van der Waals surface area (Å²) in [6, 6.07) is 17.5. The maximum atomic E-state index is 9.68. The van der Waals surface area contributed by atoms with Crippen molar-refractivity contribution < 1.29 is 0 Å². The molecule has 0 amide bonds. The van der Waals surface area contributed by atoms with Gasteiger partial charge in [-0.05, 0) is 66.5 Å². The molecule has 1 aliphatic rings. The Bertz CT molecular complexity index is 897. The monoisotopic (exact) mass is 314 g/mol. The number of hydrogen-bond donors (Lipinski definition) is 0. The van der Waals surface area contributed by atoms with E-state index in [1.54, 1.807) is 0 Å². The van der Waals surface area contributed by atoms with E-state index in [1.165, 1.54) is 53.5 Å². The zero-order valence-corrected chi connectivity index (χ0v) is 14.0. The summed E-state index contributed by atoms with van der Waals surface area (Å²) in [7, 11) is 0. The van der Waals surface area contributed by atoms with Gasteiger partial charge in [0.25, 0.3) is 0 Å². The van der Waals surface area contributed by atoms with Crippen LogP contribution in [0.1, 0.15) is 53.6 Å². The smallest absolute Gasteiger partial charge is 0.128 e. The van der Waals surface area contributed by atoms with Crippen molar-refractivity contribution in [2.24, 2.45) is 0 Å². The second-order valence-corrected chi connectivity index (χ2v) is 6.78. The van der Waals surface area contributed by atoms with E-state index in [9.17, 15) is 5.26 Å². The van der Waals surface area contributed by atoms with E-state index in [-0.39, 0.29) is 0 Å². The minimum atomic E-state index is 0.855. The van der Waals surface area contributed by atoms with Gasteiger partial charge in [0, 0.05) is 6.20 Å². The number of aryl methyl sites for hydroxylation is 1. The molecule has 3 aromatic rings. The molecule has 0 saturated heterocycles. The van der Waals surface area contributed by atoms with Crippen molar-refractivity contribution >= 4 is 5.52 Å². The third-order valence-electron chi connectivity index (χ3n) is 5.18. The van der Waals surface area contributed by atoms with Crippen LogP contribution in [0.25, 0.3) is 5.52 Å². The van der Waals surface area contributed by atoms with E-state index in [2.05, 4.69) is 59.1 Å².